The third kappa shape index (κ3) is 2.02. The normalized spacial score (nSPS) is 15.4. The van der Waals surface area contributed by atoms with Gasteiger partial charge in [0.1, 0.15) is 5.82 Å². The smallest absolute Gasteiger partial charge is 0.141 e. The lowest BCUT2D eigenvalue weighted by Crippen LogP contribution is -2.36. The van der Waals surface area contributed by atoms with Gasteiger partial charge >= 0.3 is 0 Å². The molecule has 0 aliphatic carbocycles. The average molecular weight is 184 g/mol. The van der Waals surface area contributed by atoms with Gasteiger partial charge in [-0.05, 0) is 12.1 Å². The quantitative estimate of drug-likeness (QED) is 0.716. The molecule has 0 saturated carbocycles. The number of nitrogens with zero attached hydrogens (tertiary/aromatic N) is 1. The molecule has 0 bridgehead atoms. The second kappa shape index (κ2) is 3.81. The van der Waals surface area contributed by atoms with Gasteiger partial charge in [0.25, 0.3) is 0 Å². The van der Waals surface area contributed by atoms with Gasteiger partial charge in [0.15, 0.2) is 0 Å². The van der Waals surface area contributed by atoms with Crippen LogP contribution in [0.3, 0.4) is 0 Å². The number of hydrogen-bond donors (Lipinski definition) is 2. The number of halogens is 1. The lowest BCUT2D eigenvalue weighted by atomic mass is 9.87. The number of aliphatic hydroxyl groups is 1. The topological polar surface area (TPSA) is 59.1 Å². The van der Waals surface area contributed by atoms with Crippen LogP contribution in [0.5, 0.6) is 0 Å². The van der Waals surface area contributed by atoms with Gasteiger partial charge < -0.3 is 10.8 Å². The van der Waals surface area contributed by atoms with Crippen molar-refractivity contribution in [3.63, 3.8) is 0 Å². The number of rotatable bonds is 3. The summed E-state index contributed by atoms with van der Waals surface area (Å²) in [5.41, 5.74) is 5.53. The van der Waals surface area contributed by atoms with Gasteiger partial charge in [0.2, 0.25) is 0 Å². The fraction of sp³-hybridized carbons (Fsp3) is 0.444. The first-order valence-electron chi connectivity index (χ1n) is 4.05. The number of nitrogens with two attached hydrogens (primary N) is 1. The van der Waals surface area contributed by atoms with Crippen molar-refractivity contribution in [2.24, 2.45) is 5.73 Å². The minimum atomic E-state index is -0.576. The van der Waals surface area contributed by atoms with Gasteiger partial charge in [-0.15, -0.1) is 0 Å². The van der Waals surface area contributed by atoms with Crippen LogP contribution in [0.15, 0.2) is 18.3 Å². The van der Waals surface area contributed by atoms with Crippen molar-refractivity contribution < 1.29 is 9.50 Å². The van der Waals surface area contributed by atoms with Crippen LogP contribution in [0.25, 0.3) is 0 Å². The Balaban J connectivity index is 2.99. The molecule has 1 rings (SSSR count). The predicted molar refractivity (Wildman–Crippen MR) is 47.7 cm³/mol. The highest BCUT2D eigenvalue weighted by molar-refractivity contribution is 5.17. The van der Waals surface area contributed by atoms with Gasteiger partial charge in [-0.1, -0.05) is 6.92 Å². The molecule has 1 aromatic heterocycles. The largest absolute Gasteiger partial charge is 0.395 e. The highest BCUT2D eigenvalue weighted by atomic mass is 19.1. The number of hydrogen-bond acceptors (Lipinski definition) is 3. The maximum atomic E-state index is 12.5. The average Bonchev–Trinajstić information content (AvgIpc) is 2.18. The zero-order valence-corrected chi connectivity index (χ0v) is 7.50. The molecule has 13 heavy (non-hydrogen) atoms. The van der Waals surface area contributed by atoms with E-state index < -0.39 is 5.41 Å². The molecule has 0 amide bonds. The Bertz CT molecular complexity index is 269. The maximum Gasteiger partial charge on any atom is 0.141 e. The van der Waals surface area contributed by atoms with Crippen molar-refractivity contribution in [3.8, 4) is 0 Å². The minimum Gasteiger partial charge on any atom is -0.395 e. The van der Waals surface area contributed by atoms with E-state index in [4.69, 9.17) is 10.8 Å². The summed E-state index contributed by atoms with van der Waals surface area (Å²) < 4.78 is 12.5. The first-order valence-corrected chi connectivity index (χ1v) is 4.05. The molecule has 3 nitrogen and oxygen atoms in total. The van der Waals surface area contributed by atoms with Crippen LogP contribution in [0, 0.1) is 5.82 Å². The molecule has 0 spiro atoms. The SMILES string of the molecule is CC(CN)(CO)c1ccc(F)cn1. The van der Waals surface area contributed by atoms with Gasteiger partial charge in [0.05, 0.1) is 18.5 Å². The van der Waals surface area contributed by atoms with Crippen LogP contribution in [0.1, 0.15) is 12.6 Å². The summed E-state index contributed by atoms with van der Waals surface area (Å²) >= 11 is 0. The van der Waals surface area contributed by atoms with E-state index in [-0.39, 0.29) is 19.0 Å². The van der Waals surface area contributed by atoms with Crippen LogP contribution < -0.4 is 5.73 Å². The summed E-state index contributed by atoms with van der Waals surface area (Å²) in [7, 11) is 0. The fourth-order valence-electron chi connectivity index (χ4n) is 0.983. The summed E-state index contributed by atoms with van der Waals surface area (Å²) in [5, 5.41) is 9.09. The van der Waals surface area contributed by atoms with Crippen molar-refractivity contribution in [2.45, 2.75) is 12.3 Å². The molecule has 1 unspecified atom stereocenters. The fourth-order valence-corrected chi connectivity index (χ4v) is 0.983. The summed E-state index contributed by atoms with van der Waals surface area (Å²) in [6.45, 7) is 1.97. The number of aromatic nitrogens is 1. The Morgan fingerprint density at radius 1 is 1.62 bits per heavy atom. The van der Waals surface area contributed by atoms with Crippen molar-refractivity contribution >= 4 is 0 Å². The van der Waals surface area contributed by atoms with E-state index in [2.05, 4.69) is 4.98 Å². The van der Waals surface area contributed by atoms with Crippen LogP contribution in [-0.4, -0.2) is 23.2 Å². The molecule has 72 valence electrons. The highest BCUT2D eigenvalue weighted by Crippen LogP contribution is 2.19. The molecule has 0 aliphatic rings. The van der Waals surface area contributed by atoms with Crippen LogP contribution in [0.2, 0.25) is 0 Å². The molecule has 0 fully saturated rings. The molecule has 0 aromatic carbocycles. The summed E-state index contributed by atoms with van der Waals surface area (Å²) in [5.74, 6) is -0.388. The van der Waals surface area contributed by atoms with Gasteiger partial charge in [-0.3, -0.25) is 4.98 Å². The second-order valence-corrected chi connectivity index (χ2v) is 3.28. The van der Waals surface area contributed by atoms with Gasteiger partial charge in [0, 0.05) is 12.0 Å². The zero-order chi connectivity index (χ0) is 9.90. The van der Waals surface area contributed by atoms with Crippen LogP contribution in [0.4, 0.5) is 4.39 Å². The van der Waals surface area contributed by atoms with E-state index in [1.165, 1.54) is 6.07 Å². The van der Waals surface area contributed by atoms with E-state index in [0.29, 0.717) is 5.69 Å². The Morgan fingerprint density at radius 2 is 2.31 bits per heavy atom. The van der Waals surface area contributed by atoms with E-state index in [9.17, 15) is 4.39 Å². The molecule has 0 radical (unpaired) electrons. The Labute approximate surface area is 76.4 Å². The molecular weight excluding hydrogens is 171 g/mol. The van der Waals surface area contributed by atoms with Crippen LogP contribution in [-0.2, 0) is 5.41 Å². The van der Waals surface area contributed by atoms with Crippen LogP contribution >= 0.6 is 0 Å². The lowest BCUT2D eigenvalue weighted by Gasteiger charge is -2.24. The Hall–Kier alpha value is -1.00. The summed E-state index contributed by atoms with van der Waals surface area (Å²) in [4.78, 5) is 3.88. The molecule has 0 saturated heterocycles. The lowest BCUT2D eigenvalue weighted by molar-refractivity contribution is 0.207. The van der Waals surface area contributed by atoms with Gasteiger partial charge in [-0.25, -0.2) is 4.39 Å². The Morgan fingerprint density at radius 3 is 2.69 bits per heavy atom. The molecule has 1 heterocycles. The molecule has 4 heteroatoms. The van der Waals surface area contributed by atoms with Crippen molar-refractivity contribution in [1.29, 1.82) is 0 Å². The summed E-state index contributed by atoms with van der Waals surface area (Å²) in [6.07, 6.45) is 1.12. The predicted octanol–water partition coefficient (Wildman–Crippen LogP) is 0.429. The molecule has 3 N–H and O–H groups in total. The van der Waals surface area contributed by atoms with E-state index in [1.54, 1.807) is 13.0 Å². The first-order chi connectivity index (χ1) is 6.12. The molecule has 1 aromatic rings. The first kappa shape index (κ1) is 10.1. The monoisotopic (exact) mass is 184 g/mol. The third-order valence-corrected chi connectivity index (χ3v) is 2.15. The minimum absolute atomic E-state index is 0.0951. The molecule has 0 aliphatic heterocycles. The van der Waals surface area contributed by atoms with E-state index in [0.717, 1.165) is 6.20 Å². The van der Waals surface area contributed by atoms with Crippen molar-refractivity contribution in [2.75, 3.05) is 13.2 Å². The highest BCUT2D eigenvalue weighted by Gasteiger charge is 2.25. The molecule has 1 atom stereocenters. The van der Waals surface area contributed by atoms with Crippen molar-refractivity contribution in [1.82, 2.24) is 4.98 Å². The molecular formula is C9H13FN2O. The standard InChI is InChI=1S/C9H13FN2O/c1-9(5-11,6-13)8-3-2-7(10)4-12-8/h2-4,13H,5-6,11H2,1H3. The number of aliphatic hydroxyl groups excluding tert-OH is 1. The maximum absolute atomic E-state index is 12.5. The summed E-state index contributed by atoms with van der Waals surface area (Å²) in [6, 6.07) is 2.85. The zero-order valence-electron chi connectivity index (χ0n) is 7.50. The van der Waals surface area contributed by atoms with E-state index in [1.807, 2.05) is 0 Å². The van der Waals surface area contributed by atoms with Gasteiger partial charge in [-0.2, -0.15) is 0 Å². The second-order valence-electron chi connectivity index (χ2n) is 3.28. The van der Waals surface area contributed by atoms with Crippen molar-refractivity contribution in [3.05, 3.63) is 29.8 Å². The van der Waals surface area contributed by atoms with E-state index >= 15 is 0 Å². The number of pyridine rings is 1. The Kier molecular flexibility index (Phi) is 2.95. The third-order valence-electron chi connectivity index (χ3n) is 2.15.